The lowest BCUT2D eigenvalue weighted by atomic mass is 10.1. The maximum absolute atomic E-state index is 12.6. The van der Waals surface area contributed by atoms with E-state index in [1.54, 1.807) is 16.6 Å². The predicted octanol–water partition coefficient (Wildman–Crippen LogP) is 3.32. The maximum Gasteiger partial charge on any atom is 0.416 e. The van der Waals surface area contributed by atoms with Gasteiger partial charge in [-0.15, -0.1) is 0 Å². The van der Waals surface area contributed by atoms with Crippen LogP contribution in [-0.2, 0) is 12.7 Å². The molecule has 5 nitrogen and oxygen atoms in total. The number of hydrogen-bond acceptors (Lipinski definition) is 4. The first kappa shape index (κ1) is 16.0. The summed E-state index contributed by atoms with van der Waals surface area (Å²) in [7, 11) is 1.78. The van der Waals surface area contributed by atoms with E-state index in [2.05, 4.69) is 15.5 Å². The van der Waals surface area contributed by atoms with E-state index in [0.717, 1.165) is 23.4 Å². The van der Waals surface area contributed by atoms with Gasteiger partial charge in [-0.3, -0.25) is 0 Å². The Labute approximate surface area is 136 Å². The number of hydrogen-bond donors (Lipinski definition) is 0. The van der Waals surface area contributed by atoms with E-state index in [1.165, 1.54) is 12.1 Å². The molecule has 0 atom stereocenters. The first-order valence-corrected chi connectivity index (χ1v) is 7.16. The highest BCUT2D eigenvalue weighted by atomic mass is 19.4. The molecule has 0 radical (unpaired) electrons. The van der Waals surface area contributed by atoms with E-state index in [9.17, 15) is 13.2 Å². The van der Waals surface area contributed by atoms with Gasteiger partial charge in [-0.05, 0) is 40.3 Å². The van der Waals surface area contributed by atoms with Gasteiger partial charge in [-0.2, -0.15) is 17.9 Å². The Kier molecular flexibility index (Phi) is 4.20. The second-order valence-corrected chi connectivity index (χ2v) is 5.28. The fourth-order valence-electron chi connectivity index (χ4n) is 2.30. The van der Waals surface area contributed by atoms with Crippen molar-refractivity contribution in [3.05, 3.63) is 65.7 Å². The van der Waals surface area contributed by atoms with E-state index in [4.69, 9.17) is 0 Å². The molecule has 0 amide bonds. The molecule has 0 aliphatic carbocycles. The summed E-state index contributed by atoms with van der Waals surface area (Å²) in [6, 6.07) is 14.4. The van der Waals surface area contributed by atoms with Crippen molar-refractivity contribution in [2.24, 2.45) is 0 Å². The van der Waals surface area contributed by atoms with Crippen LogP contribution in [0.1, 0.15) is 11.1 Å². The van der Waals surface area contributed by atoms with Crippen LogP contribution in [0.25, 0.3) is 5.69 Å². The molecule has 0 unspecified atom stereocenters. The quantitative estimate of drug-likeness (QED) is 0.735. The summed E-state index contributed by atoms with van der Waals surface area (Å²) in [4.78, 5) is 1.77. The number of tetrazole rings is 1. The van der Waals surface area contributed by atoms with Gasteiger partial charge in [0.25, 0.3) is 0 Å². The molecule has 8 heteroatoms. The van der Waals surface area contributed by atoms with Gasteiger partial charge in [0.05, 0.1) is 11.3 Å². The minimum Gasteiger partial charge on any atom is -0.338 e. The molecule has 2 aromatic carbocycles. The van der Waals surface area contributed by atoms with Crippen molar-refractivity contribution in [1.29, 1.82) is 0 Å². The van der Waals surface area contributed by atoms with Crippen molar-refractivity contribution in [2.75, 3.05) is 11.9 Å². The third kappa shape index (κ3) is 3.37. The Morgan fingerprint density at radius 2 is 1.67 bits per heavy atom. The zero-order valence-corrected chi connectivity index (χ0v) is 12.8. The fraction of sp³-hybridized carbons (Fsp3) is 0.188. The number of para-hydroxylation sites is 1. The maximum atomic E-state index is 12.6. The van der Waals surface area contributed by atoms with Crippen LogP contribution in [0.2, 0.25) is 0 Å². The highest BCUT2D eigenvalue weighted by Crippen LogP contribution is 2.29. The highest BCUT2D eigenvalue weighted by molar-refractivity contribution is 5.40. The molecule has 1 aromatic heterocycles. The number of rotatable bonds is 4. The van der Waals surface area contributed by atoms with Crippen LogP contribution >= 0.6 is 0 Å². The zero-order valence-electron chi connectivity index (χ0n) is 12.8. The first-order valence-electron chi connectivity index (χ1n) is 7.16. The van der Waals surface area contributed by atoms with Crippen LogP contribution in [0.3, 0.4) is 0 Å². The van der Waals surface area contributed by atoms with E-state index in [1.807, 2.05) is 30.3 Å². The Hall–Kier alpha value is -2.90. The number of anilines is 1. The predicted molar refractivity (Wildman–Crippen MR) is 82.7 cm³/mol. The van der Waals surface area contributed by atoms with Crippen molar-refractivity contribution in [1.82, 2.24) is 20.2 Å². The average Bonchev–Trinajstić information content (AvgIpc) is 3.05. The number of alkyl halides is 3. The van der Waals surface area contributed by atoms with Crippen LogP contribution < -0.4 is 4.90 Å². The van der Waals surface area contributed by atoms with Gasteiger partial charge in [0, 0.05) is 13.6 Å². The molecule has 0 saturated carbocycles. The lowest BCUT2D eigenvalue weighted by Crippen LogP contribution is -2.21. The SMILES string of the molecule is CN(Cc1ccc(C(F)(F)F)cc1)c1nnnn1-c1ccccc1. The second-order valence-electron chi connectivity index (χ2n) is 5.28. The molecule has 0 spiro atoms. The minimum atomic E-state index is -4.33. The Morgan fingerprint density at radius 1 is 1.00 bits per heavy atom. The number of nitrogens with zero attached hydrogens (tertiary/aromatic N) is 5. The summed E-state index contributed by atoms with van der Waals surface area (Å²) < 4.78 is 39.4. The normalized spacial score (nSPS) is 11.5. The third-order valence-electron chi connectivity index (χ3n) is 3.50. The van der Waals surface area contributed by atoms with E-state index in [-0.39, 0.29) is 0 Å². The van der Waals surface area contributed by atoms with Gasteiger partial charge in [0.2, 0.25) is 5.95 Å². The van der Waals surface area contributed by atoms with Crippen molar-refractivity contribution >= 4 is 5.95 Å². The lowest BCUT2D eigenvalue weighted by molar-refractivity contribution is -0.137. The molecule has 0 aliphatic heterocycles. The van der Waals surface area contributed by atoms with Crippen LogP contribution in [0.4, 0.5) is 19.1 Å². The second kappa shape index (κ2) is 6.31. The topological polar surface area (TPSA) is 46.8 Å². The monoisotopic (exact) mass is 333 g/mol. The van der Waals surface area contributed by atoms with Crippen molar-refractivity contribution in [2.45, 2.75) is 12.7 Å². The van der Waals surface area contributed by atoms with Gasteiger partial charge in [-0.25, -0.2) is 0 Å². The molecule has 0 saturated heterocycles. The molecule has 0 aliphatic rings. The highest BCUT2D eigenvalue weighted by Gasteiger charge is 2.30. The van der Waals surface area contributed by atoms with Gasteiger partial charge >= 0.3 is 6.18 Å². The van der Waals surface area contributed by atoms with Gasteiger partial charge in [0.15, 0.2) is 0 Å². The summed E-state index contributed by atoms with van der Waals surface area (Å²) in [6.07, 6.45) is -4.33. The molecule has 24 heavy (non-hydrogen) atoms. The summed E-state index contributed by atoms with van der Waals surface area (Å²) >= 11 is 0. The van der Waals surface area contributed by atoms with Gasteiger partial charge < -0.3 is 4.90 Å². The van der Waals surface area contributed by atoms with Crippen molar-refractivity contribution in [3.63, 3.8) is 0 Å². The van der Waals surface area contributed by atoms with Crippen LogP contribution in [0.15, 0.2) is 54.6 Å². The molecular formula is C16H14F3N5. The molecule has 124 valence electrons. The Morgan fingerprint density at radius 3 is 2.29 bits per heavy atom. The molecule has 0 bridgehead atoms. The minimum absolute atomic E-state index is 0.380. The number of halogens is 3. The van der Waals surface area contributed by atoms with Gasteiger partial charge in [0.1, 0.15) is 0 Å². The lowest BCUT2D eigenvalue weighted by Gasteiger charge is -2.18. The van der Waals surface area contributed by atoms with Crippen molar-refractivity contribution < 1.29 is 13.2 Å². The van der Waals surface area contributed by atoms with Crippen LogP contribution in [0.5, 0.6) is 0 Å². The van der Waals surface area contributed by atoms with E-state index >= 15 is 0 Å². The molecule has 3 aromatic rings. The molecule has 1 heterocycles. The van der Waals surface area contributed by atoms with Crippen molar-refractivity contribution in [3.8, 4) is 5.69 Å². The standard InChI is InChI=1S/C16H14F3N5/c1-23(11-12-7-9-13(10-8-12)16(17,18)19)15-20-21-22-24(15)14-5-3-2-4-6-14/h2-10H,11H2,1H3. The summed E-state index contributed by atoms with van der Waals surface area (Å²) in [6.45, 7) is 0.380. The van der Waals surface area contributed by atoms with Crippen LogP contribution in [-0.4, -0.2) is 27.3 Å². The Bertz CT molecular complexity index is 797. The molecular weight excluding hydrogens is 319 g/mol. The molecule has 3 rings (SSSR count). The number of aromatic nitrogens is 4. The smallest absolute Gasteiger partial charge is 0.338 e. The summed E-state index contributed by atoms with van der Waals surface area (Å²) in [5.74, 6) is 0.501. The Balaban J connectivity index is 1.79. The van der Waals surface area contributed by atoms with Gasteiger partial charge in [-0.1, -0.05) is 35.4 Å². The fourth-order valence-corrected chi connectivity index (χ4v) is 2.30. The van der Waals surface area contributed by atoms with E-state index in [0.29, 0.717) is 12.5 Å². The van der Waals surface area contributed by atoms with E-state index < -0.39 is 11.7 Å². The summed E-state index contributed by atoms with van der Waals surface area (Å²) in [5, 5.41) is 11.6. The zero-order chi connectivity index (χ0) is 17.2. The molecule has 0 fully saturated rings. The number of benzene rings is 2. The first-order chi connectivity index (χ1) is 11.4. The third-order valence-corrected chi connectivity index (χ3v) is 3.50. The summed E-state index contributed by atoms with van der Waals surface area (Å²) in [5.41, 5.74) is 0.868. The van der Waals surface area contributed by atoms with Crippen LogP contribution in [0, 0.1) is 0 Å². The largest absolute Gasteiger partial charge is 0.416 e. The molecule has 0 N–H and O–H groups in total. The average molecular weight is 333 g/mol.